The molecule has 1 aromatic carbocycles. The Morgan fingerprint density at radius 1 is 1.30 bits per heavy atom. The zero-order valence-electron chi connectivity index (χ0n) is 10.6. The summed E-state index contributed by atoms with van der Waals surface area (Å²) in [4.78, 5) is 8.38. The molecule has 0 amide bonds. The maximum absolute atomic E-state index is 14.0. The van der Waals surface area contributed by atoms with Gasteiger partial charge in [0.2, 0.25) is 5.95 Å². The van der Waals surface area contributed by atoms with Crippen LogP contribution in [0.4, 0.5) is 4.39 Å². The van der Waals surface area contributed by atoms with Crippen molar-refractivity contribution < 1.29 is 4.39 Å². The van der Waals surface area contributed by atoms with E-state index in [9.17, 15) is 4.39 Å². The molecule has 0 N–H and O–H groups in total. The summed E-state index contributed by atoms with van der Waals surface area (Å²) in [6.45, 7) is 3.64. The van der Waals surface area contributed by atoms with E-state index in [1.165, 1.54) is 6.07 Å². The van der Waals surface area contributed by atoms with Gasteiger partial charge in [-0.15, -0.1) is 6.58 Å². The van der Waals surface area contributed by atoms with Crippen molar-refractivity contribution in [1.82, 2.24) is 14.5 Å². The van der Waals surface area contributed by atoms with Gasteiger partial charge in [-0.25, -0.2) is 14.4 Å². The highest BCUT2D eigenvalue weighted by molar-refractivity contribution is 6.35. The Morgan fingerprint density at radius 3 is 2.75 bits per heavy atom. The molecular weight excluding hydrogens is 277 g/mol. The summed E-state index contributed by atoms with van der Waals surface area (Å²) < 4.78 is 15.7. The fourth-order valence-corrected chi connectivity index (χ4v) is 2.39. The van der Waals surface area contributed by atoms with Crippen LogP contribution in [0.3, 0.4) is 0 Å². The van der Waals surface area contributed by atoms with Crippen molar-refractivity contribution in [1.29, 1.82) is 0 Å². The SMILES string of the molecule is C=CCc1cc2c(cc1F)c(Cl)cn2-c1ncccn1. The highest BCUT2D eigenvalue weighted by Gasteiger charge is 2.13. The Morgan fingerprint density at radius 2 is 2.05 bits per heavy atom. The molecule has 3 nitrogen and oxygen atoms in total. The lowest BCUT2D eigenvalue weighted by atomic mass is 10.1. The van der Waals surface area contributed by atoms with Crippen molar-refractivity contribution in [3.63, 3.8) is 0 Å². The Kier molecular flexibility index (Phi) is 3.24. The first-order valence-corrected chi connectivity index (χ1v) is 6.46. The van der Waals surface area contributed by atoms with Crippen molar-refractivity contribution >= 4 is 22.5 Å². The summed E-state index contributed by atoms with van der Waals surface area (Å²) >= 11 is 6.17. The lowest BCUT2D eigenvalue weighted by molar-refractivity contribution is 0.617. The number of aromatic nitrogens is 3. The van der Waals surface area contributed by atoms with Crippen LogP contribution >= 0.6 is 11.6 Å². The normalized spacial score (nSPS) is 10.9. The first kappa shape index (κ1) is 12.8. The van der Waals surface area contributed by atoms with Crippen LogP contribution < -0.4 is 0 Å². The predicted octanol–water partition coefficient (Wildman–Crippen LogP) is 3.94. The standard InChI is InChI=1S/C15H11ClFN3/c1-2-4-10-7-14-11(8-13(10)17)12(16)9-20(14)15-18-5-3-6-19-15/h2-3,5-9H,1,4H2. The summed E-state index contributed by atoms with van der Waals surface area (Å²) in [5.41, 5.74) is 1.35. The number of rotatable bonds is 3. The lowest BCUT2D eigenvalue weighted by Gasteiger charge is -2.05. The van der Waals surface area contributed by atoms with Crippen molar-refractivity contribution in [2.75, 3.05) is 0 Å². The van der Waals surface area contributed by atoms with E-state index in [1.807, 2.05) is 0 Å². The molecule has 0 aliphatic heterocycles. The molecule has 20 heavy (non-hydrogen) atoms. The molecule has 0 bridgehead atoms. The molecule has 0 atom stereocenters. The molecular formula is C15H11ClFN3. The number of nitrogens with zero attached hydrogens (tertiary/aromatic N) is 3. The number of halogens is 2. The fraction of sp³-hybridized carbons (Fsp3) is 0.0667. The second-order valence-electron chi connectivity index (χ2n) is 4.35. The summed E-state index contributed by atoms with van der Waals surface area (Å²) in [6, 6.07) is 4.93. The molecule has 0 aliphatic rings. The molecule has 0 fully saturated rings. The smallest absolute Gasteiger partial charge is 0.234 e. The summed E-state index contributed by atoms with van der Waals surface area (Å²) in [5, 5.41) is 1.11. The molecule has 2 heterocycles. The molecule has 2 aromatic heterocycles. The van der Waals surface area contributed by atoms with Gasteiger partial charge >= 0.3 is 0 Å². The molecule has 100 valence electrons. The second-order valence-corrected chi connectivity index (χ2v) is 4.76. The maximum Gasteiger partial charge on any atom is 0.234 e. The predicted molar refractivity (Wildman–Crippen MR) is 77.7 cm³/mol. The Bertz CT molecular complexity index is 781. The summed E-state index contributed by atoms with van der Waals surface area (Å²) in [5.74, 6) is 0.214. The Labute approximate surface area is 120 Å². The van der Waals surface area contributed by atoms with Gasteiger partial charge in [0.25, 0.3) is 0 Å². The minimum Gasteiger partial charge on any atom is -0.284 e. The number of hydrogen-bond donors (Lipinski definition) is 0. The first-order valence-electron chi connectivity index (χ1n) is 6.08. The average Bonchev–Trinajstić information content (AvgIpc) is 2.78. The molecule has 3 rings (SSSR count). The van der Waals surface area contributed by atoms with E-state index in [0.717, 1.165) is 5.52 Å². The monoisotopic (exact) mass is 287 g/mol. The number of allylic oxidation sites excluding steroid dienone is 1. The van der Waals surface area contributed by atoms with Crippen LogP contribution in [0.1, 0.15) is 5.56 Å². The maximum atomic E-state index is 14.0. The van der Waals surface area contributed by atoms with Gasteiger partial charge in [-0.3, -0.25) is 4.57 Å². The van der Waals surface area contributed by atoms with Crippen LogP contribution in [0.2, 0.25) is 5.02 Å². The Hall–Kier alpha value is -2.20. The number of benzene rings is 1. The van der Waals surface area contributed by atoms with Gasteiger partial charge < -0.3 is 0 Å². The van der Waals surface area contributed by atoms with E-state index in [-0.39, 0.29) is 5.82 Å². The van der Waals surface area contributed by atoms with Gasteiger partial charge in [0.1, 0.15) is 5.82 Å². The summed E-state index contributed by atoms with van der Waals surface area (Å²) in [6.07, 6.45) is 7.11. The summed E-state index contributed by atoms with van der Waals surface area (Å²) in [7, 11) is 0. The van der Waals surface area contributed by atoms with Crippen molar-refractivity contribution in [3.8, 4) is 5.95 Å². The molecule has 5 heteroatoms. The fourth-order valence-electron chi connectivity index (χ4n) is 2.14. The van der Waals surface area contributed by atoms with Crippen molar-refractivity contribution in [3.05, 3.63) is 65.8 Å². The van der Waals surface area contributed by atoms with Gasteiger partial charge in [-0.2, -0.15) is 0 Å². The highest BCUT2D eigenvalue weighted by atomic mass is 35.5. The van der Waals surface area contributed by atoms with Gasteiger partial charge in [-0.05, 0) is 30.2 Å². The van der Waals surface area contributed by atoms with Crippen LogP contribution in [-0.2, 0) is 6.42 Å². The van der Waals surface area contributed by atoms with E-state index >= 15 is 0 Å². The topological polar surface area (TPSA) is 30.7 Å². The largest absolute Gasteiger partial charge is 0.284 e. The van der Waals surface area contributed by atoms with Crippen LogP contribution in [-0.4, -0.2) is 14.5 Å². The second kappa shape index (κ2) is 5.06. The van der Waals surface area contributed by atoms with E-state index in [0.29, 0.717) is 28.3 Å². The molecule has 0 saturated carbocycles. The molecule has 0 spiro atoms. The van der Waals surface area contributed by atoms with Gasteiger partial charge in [0.05, 0.1) is 10.5 Å². The Balaban J connectivity index is 2.28. The molecule has 3 aromatic rings. The van der Waals surface area contributed by atoms with Crippen LogP contribution in [0.5, 0.6) is 0 Å². The van der Waals surface area contributed by atoms with Gasteiger partial charge in [-0.1, -0.05) is 17.7 Å². The molecule has 0 unspecified atom stereocenters. The number of hydrogen-bond acceptors (Lipinski definition) is 2. The zero-order chi connectivity index (χ0) is 14.1. The minimum atomic E-state index is -0.286. The quantitative estimate of drug-likeness (QED) is 0.683. The zero-order valence-corrected chi connectivity index (χ0v) is 11.3. The van der Waals surface area contributed by atoms with Crippen molar-refractivity contribution in [2.45, 2.75) is 6.42 Å². The molecule has 0 aliphatic carbocycles. The van der Waals surface area contributed by atoms with Crippen LogP contribution in [0, 0.1) is 5.82 Å². The van der Waals surface area contributed by atoms with E-state index in [1.54, 1.807) is 41.4 Å². The van der Waals surface area contributed by atoms with Crippen LogP contribution in [0.15, 0.2) is 49.4 Å². The average molecular weight is 288 g/mol. The van der Waals surface area contributed by atoms with Gasteiger partial charge in [0, 0.05) is 24.0 Å². The molecule has 0 radical (unpaired) electrons. The van der Waals surface area contributed by atoms with Crippen molar-refractivity contribution in [2.24, 2.45) is 0 Å². The third-order valence-corrected chi connectivity index (χ3v) is 3.36. The molecule has 0 saturated heterocycles. The van der Waals surface area contributed by atoms with Crippen LogP contribution in [0.25, 0.3) is 16.9 Å². The lowest BCUT2D eigenvalue weighted by Crippen LogP contribution is -1.99. The third kappa shape index (κ3) is 2.08. The van der Waals surface area contributed by atoms with E-state index in [4.69, 9.17) is 11.6 Å². The van der Waals surface area contributed by atoms with E-state index in [2.05, 4.69) is 16.5 Å². The number of fused-ring (bicyclic) bond motifs is 1. The van der Waals surface area contributed by atoms with E-state index < -0.39 is 0 Å². The van der Waals surface area contributed by atoms with Gasteiger partial charge in [0.15, 0.2) is 0 Å². The highest BCUT2D eigenvalue weighted by Crippen LogP contribution is 2.30. The first-order chi connectivity index (χ1) is 9.70. The minimum absolute atomic E-state index is 0.286. The third-order valence-electron chi connectivity index (χ3n) is 3.06.